The van der Waals surface area contributed by atoms with Crippen molar-refractivity contribution in [2.45, 2.75) is 0 Å². The standard InChI is InChI=1S/C47H29N3O/c1-2-12-30(13-3-1)36-18-6-7-20-41(36)47-49-45(48-46(50-47)34-26-27-40-39-19-8-9-23-43(39)51-44(40)29-34)33-25-24-32-16-11-22-38(42(32)28-33)37-21-10-15-31-14-4-5-17-35(31)37/h1-29H. The number of benzene rings is 8. The Balaban J connectivity index is 1.19. The first-order chi connectivity index (χ1) is 25.3. The second-order valence-electron chi connectivity index (χ2n) is 12.8. The third-order valence-electron chi connectivity index (χ3n) is 9.75. The van der Waals surface area contributed by atoms with Crippen LogP contribution in [0.15, 0.2) is 180 Å². The van der Waals surface area contributed by atoms with Crippen molar-refractivity contribution in [3.63, 3.8) is 0 Å². The van der Waals surface area contributed by atoms with E-state index in [1.165, 1.54) is 21.9 Å². The van der Waals surface area contributed by atoms with Crippen LogP contribution in [-0.4, -0.2) is 15.0 Å². The van der Waals surface area contributed by atoms with Gasteiger partial charge in [0.1, 0.15) is 11.2 Å². The molecule has 0 saturated heterocycles. The van der Waals surface area contributed by atoms with Crippen molar-refractivity contribution in [2.24, 2.45) is 0 Å². The minimum atomic E-state index is 0.586. The molecule has 0 spiro atoms. The van der Waals surface area contributed by atoms with Crippen LogP contribution < -0.4 is 0 Å². The van der Waals surface area contributed by atoms with Crippen molar-refractivity contribution in [1.29, 1.82) is 0 Å². The fourth-order valence-corrected chi connectivity index (χ4v) is 7.27. The summed E-state index contributed by atoms with van der Waals surface area (Å²) in [5.74, 6) is 1.81. The van der Waals surface area contributed by atoms with Crippen molar-refractivity contribution >= 4 is 43.5 Å². The molecule has 238 valence electrons. The van der Waals surface area contributed by atoms with Gasteiger partial charge in [-0.25, -0.2) is 15.0 Å². The van der Waals surface area contributed by atoms with E-state index in [0.29, 0.717) is 17.5 Å². The Morgan fingerprint density at radius 2 is 0.843 bits per heavy atom. The van der Waals surface area contributed by atoms with Gasteiger partial charge in [0.05, 0.1) is 0 Å². The van der Waals surface area contributed by atoms with E-state index in [2.05, 4.69) is 140 Å². The Morgan fingerprint density at radius 1 is 0.294 bits per heavy atom. The zero-order valence-corrected chi connectivity index (χ0v) is 27.5. The zero-order valence-electron chi connectivity index (χ0n) is 27.5. The van der Waals surface area contributed by atoms with Gasteiger partial charge in [-0.3, -0.25) is 0 Å². The van der Waals surface area contributed by atoms with E-state index < -0.39 is 0 Å². The first-order valence-electron chi connectivity index (χ1n) is 17.1. The number of rotatable bonds is 5. The van der Waals surface area contributed by atoms with Crippen LogP contribution in [0.4, 0.5) is 0 Å². The highest BCUT2D eigenvalue weighted by molar-refractivity contribution is 6.07. The molecule has 0 aliphatic carbocycles. The van der Waals surface area contributed by atoms with Gasteiger partial charge < -0.3 is 4.42 Å². The highest BCUT2D eigenvalue weighted by atomic mass is 16.3. The lowest BCUT2D eigenvalue weighted by molar-refractivity contribution is 0.669. The van der Waals surface area contributed by atoms with E-state index in [1.807, 2.05) is 36.4 Å². The lowest BCUT2D eigenvalue weighted by atomic mass is 9.93. The summed E-state index contributed by atoms with van der Waals surface area (Å²) in [6.45, 7) is 0. The summed E-state index contributed by atoms with van der Waals surface area (Å²) in [7, 11) is 0. The molecule has 4 heteroatoms. The topological polar surface area (TPSA) is 51.8 Å². The minimum Gasteiger partial charge on any atom is -0.456 e. The molecule has 0 aliphatic heterocycles. The summed E-state index contributed by atoms with van der Waals surface area (Å²) in [4.78, 5) is 15.5. The molecule has 0 fully saturated rings. The average molecular weight is 652 g/mol. The number of nitrogens with zero attached hydrogens (tertiary/aromatic N) is 3. The smallest absolute Gasteiger partial charge is 0.164 e. The monoisotopic (exact) mass is 651 g/mol. The molecule has 0 radical (unpaired) electrons. The van der Waals surface area contributed by atoms with Crippen LogP contribution in [0.25, 0.3) is 99.9 Å². The number of fused-ring (bicyclic) bond motifs is 5. The van der Waals surface area contributed by atoms with Gasteiger partial charge in [-0.05, 0) is 68.1 Å². The van der Waals surface area contributed by atoms with Gasteiger partial charge >= 0.3 is 0 Å². The molecule has 0 aliphatic rings. The first-order valence-corrected chi connectivity index (χ1v) is 17.1. The summed E-state index contributed by atoms with van der Waals surface area (Å²) >= 11 is 0. The molecule has 4 nitrogen and oxygen atoms in total. The maximum atomic E-state index is 6.28. The Bertz CT molecular complexity index is 2920. The molecule has 0 bridgehead atoms. The fourth-order valence-electron chi connectivity index (χ4n) is 7.27. The maximum absolute atomic E-state index is 6.28. The molecular formula is C47H29N3O. The third kappa shape index (κ3) is 5.04. The van der Waals surface area contributed by atoms with Gasteiger partial charge in [-0.2, -0.15) is 0 Å². The summed E-state index contributed by atoms with van der Waals surface area (Å²) in [5.41, 5.74) is 8.91. The Labute approximate surface area is 294 Å². The summed E-state index contributed by atoms with van der Waals surface area (Å²) < 4.78 is 6.28. The van der Waals surface area contributed by atoms with Crippen molar-refractivity contribution in [1.82, 2.24) is 15.0 Å². The largest absolute Gasteiger partial charge is 0.456 e. The number of hydrogen-bond acceptors (Lipinski definition) is 4. The predicted octanol–water partition coefficient (Wildman–Crippen LogP) is 12.4. The number of para-hydroxylation sites is 1. The van der Waals surface area contributed by atoms with E-state index >= 15 is 0 Å². The van der Waals surface area contributed by atoms with E-state index in [9.17, 15) is 0 Å². The van der Waals surface area contributed by atoms with Crippen molar-refractivity contribution in [3.05, 3.63) is 176 Å². The Kier molecular flexibility index (Phi) is 6.78. The van der Waals surface area contributed by atoms with Crippen LogP contribution in [0.3, 0.4) is 0 Å². The van der Waals surface area contributed by atoms with Gasteiger partial charge in [0.2, 0.25) is 0 Å². The Morgan fingerprint density at radius 3 is 1.67 bits per heavy atom. The number of hydrogen-bond donors (Lipinski definition) is 0. The van der Waals surface area contributed by atoms with E-state index in [0.717, 1.165) is 60.5 Å². The van der Waals surface area contributed by atoms with Gasteiger partial charge in [-0.15, -0.1) is 0 Å². The normalized spacial score (nSPS) is 11.5. The molecular weight excluding hydrogens is 623 g/mol. The Hall–Kier alpha value is -6.91. The highest BCUT2D eigenvalue weighted by Gasteiger charge is 2.18. The summed E-state index contributed by atoms with van der Waals surface area (Å²) in [5, 5.41) is 6.89. The molecule has 2 heterocycles. The molecule has 0 amide bonds. The van der Waals surface area contributed by atoms with Crippen LogP contribution >= 0.6 is 0 Å². The molecule has 51 heavy (non-hydrogen) atoms. The number of aromatic nitrogens is 3. The maximum Gasteiger partial charge on any atom is 0.164 e. The van der Waals surface area contributed by atoms with Crippen LogP contribution in [-0.2, 0) is 0 Å². The fraction of sp³-hybridized carbons (Fsp3) is 0. The number of furan rings is 1. The van der Waals surface area contributed by atoms with Gasteiger partial charge in [0.15, 0.2) is 17.5 Å². The van der Waals surface area contributed by atoms with Crippen molar-refractivity contribution < 1.29 is 4.42 Å². The SMILES string of the molecule is c1ccc(-c2ccccc2-c2nc(-c3ccc4c(c3)oc3ccccc34)nc(-c3ccc4cccc(-c5cccc6ccccc56)c4c3)n2)cc1. The summed E-state index contributed by atoms with van der Waals surface area (Å²) in [6, 6.07) is 61.1. The van der Waals surface area contributed by atoms with Gasteiger partial charge in [0, 0.05) is 27.5 Å². The minimum absolute atomic E-state index is 0.586. The van der Waals surface area contributed by atoms with Crippen molar-refractivity contribution in [3.8, 4) is 56.4 Å². The highest BCUT2D eigenvalue weighted by Crippen LogP contribution is 2.38. The second-order valence-corrected chi connectivity index (χ2v) is 12.8. The molecule has 8 aromatic carbocycles. The van der Waals surface area contributed by atoms with E-state index in [4.69, 9.17) is 19.4 Å². The predicted molar refractivity (Wildman–Crippen MR) is 209 cm³/mol. The molecule has 2 aromatic heterocycles. The summed E-state index contributed by atoms with van der Waals surface area (Å²) in [6.07, 6.45) is 0. The molecule has 0 atom stereocenters. The average Bonchev–Trinajstić information content (AvgIpc) is 3.58. The molecule has 10 aromatic rings. The van der Waals surface area contributed by atoms with Crippen LogP contribution in [0.1, 0.15) is 0 Å². The lowest BCUT2D eigenvalue weighted by Gasteiger charge is -2.13. The van der Waals surface area contributed by atoms with Gasteiger partial charge in [0.25, 0.3) is 0 Å². The quantitative estimate of drug-likeness (QED) is 0.186. The first kappa shape index (κ1) is 29.0. The molecule has 0 saturated carbocycles. The zero-order chi connectivity index (χ0) is 33.7. The van der Waals surface area contributed by atoms with Crippen LogP contribution in [0.5, 0.6) is 0 Å². The van der Waals surface area contributed by atoms with Gasteiger partial charge in [-0.1, -0.05) is 152 Å². The van der Waals surface area contributed by atoms with E-state index in [-0.39, 0.29) is 0 Å². The van der Waals surface area contributed by atoms with Crippen LogP contribution in [0, 0.1) is 0 Å². The van der Waals surface area contributed by atoms with Crippen LogP contribution in [0.2, 0.25) is 0 Å². The van der Waals surface area contributed by atoms with Crippen molar-refractivity contribution in [2.75, 3.05) is 0 Å². The molecule has 0 N–H and O–H groups in total. The van der Waals surface area contributed by atoms with E-state index in [1.54, 1.807) is 0 Å². The third-order valence-corrected chi connectivity index (χ3v) is 9.75. The second kappa shape index (κ2) is 11.9. The lowest BCUT2D eigenvalue weighted by Crippen LogP contribution is -2.01. The molecule has 10 rings (SSSR count). The molecule has 0 unspecified atom stereocenters.